The average molecular weight is 501 g/mol. The molecule has 0 atom stereocenters. The van der Waals surface area contributed by atoms with Crippen LogP contribution in [0.1, 0.15) is 24.5 Å². The summed E-state index contributed by atoms with van der Waals surface area (Å²) < 4.78 is 16.1. The van der Waals surface area contributed by atoms with Crippen molar-refractivity contribution in [2.75, 3.05) is 48.2 Å². The van der Waals surface area contributed by atoms with E-state index in [0.29, 0.717) is 42.0 Å². The number of carbonyl (C=O) groups is 4. The van der Waals surface area contributed by atoms with Gasteiger partial charge in [-0.05, 0) is 55.7 Å². The standard InChI is InChI=1S/C25H32N4O7/c1-5-25(12-34-4,13-35-23(32)28-19-8-6-17(2)21(10-19)26-15-30)14-36-24(33)29-20-9-7-18(3)22(11-20)27-16-31/h6-11,15-16H,5,12-14H2,1-4H3,(H,26,30)(H,27,31)(H,28,32)(H,29,33). The van der Waals surface area contributed by atoms with Crippen LogP contribution < -0.4 is 21.3 Å². The van der Waals surface area contributed by atoms with Crippen molar-refractivity contribution in [3.63, 3.8) is 0 Å². The molecule has 0 aliphatic rings. The summed E-state index contributed by atoms with van der Waals surface area (Å²) in [5.41, 5.74) is 2.91. The molecule has 0 fully saturated rings. The van der Waals surface area contributed by atoms with Crippen molar-refractivity contribution in [2.45, 2.75) is 27.2 Å². The number of hydrogen-bond donors (Lipinski definition) is 4. The van der Waals surface area contributed by atoms with E-state index >= 15 is 0 Å². The van der Waals surface area contributed by atoms with Crippen LogP contribution in [0, 0.1) is 19.3 Å². The molecule has 11 nitrogen and oxygen atoms in total. The van der Waals surface area contributed by atoms with Crippen LogP contribution in [0.2, 0.25) is 0 Å². The first-order chi connectivity index (χ1) is 17.3. The first-order valence-corrected chi connectivity index (χ1v) is 11.2. The van der Waals surface area contributed by atoms with E-state index in [1.54, 1.807) is 36.4 Å². The molecule has 2 aromatic rings. The Labute approximate surface area is 209 Å². The molecule has 0 bridgehead atoms. The highest BCUT2D eigenvalue weighted by atomic mass is 16.6. The van der Waals surface area contributed by atoms with E-state index in [9.17, 15) is 19.2 Å². The molecule has 0 spiro atoms. The van der Waals surface area contributed by atoms with E-state index in [1.165, 1.54) is 7.11 Å². The lowest BCUT2D eigenvalue weighted by atomic mass is 9.88. The lowest BCUT2D eigenvalue weighted by Crippen LogP contribution is -2.39. The van der Waals surface area contributed by atoms with Gasteiger partial charge in [0.1, 0.15) is 13.2 Å². The Bertz CT molecular complexity index is 997. The molecular formula is C25H32N4O7. The molecule has 0 saturated heterocycles. The molecule has 0 aliphatic heterocycles. The van der Waals surface area contributed by atoms with Crippen LogP contribution in [0.5, 0.6) is 0 Å². The predicted molar refractivity (Wildman–Crippen MR) is 136 cm³/mol. The van der Waals surface area contributed by atoms with Crippen LogP contribution in [0.15, 0.2) is 36.4 Å². The first-order valence-electron chi connectivity index (χ1n) is 11.2. The maximum absolute atomic E-state index is 12.4. The monoisotopic (exact) mass is 500 g/mol. The van der Waals surface area contributed by atoms with Gasteiger partial charge in [-0.25, -0.2) is 9.59 Å². The predicted octanol–water partition coefficient (Wildman–Crippen LogP) is 4.28. The van der Waals surface area contributed by atoms with E-state index < -0.39 is 17.6 Å². The summed E-state index contributed by atoms with van der Waals surface area (Å²) in [7, 11) is 1.51. The largest absolute Gasteiger partial charge is 0.448 e. The summed E-state index contributed by atoms with van der Waals surface area (Å²) >= 11 is 0. The van der Waals surface area contributed by atoms with Gasteiger partial charge in [0, 0.05) is 29.9 Å². The van der Waals surface area contributed by atoms with Gasteiger partial charge < -0.3 is 24.8 Å². The molecule has 0 radical (unpaired) electrons. The Morgan fingerprint density at radius 3 is 1.61 bits per heavy atom. The highest BCUT2D eigenvalue weighted by Gasteiger charge is 2.32. The molecule has 4 amide bonds. The highest BCUT2D eigenvalue weighted by molar-refractivity contribution is 5.87. The van der Waals surface area contributed by atoms with Gasteiger partial charge in [-0.2, -0.15) is 0 Å². The summed E-state index contributed by atoms with van der Waals surface area (Å²) in [4.78, 5) is 46.3. The molecule has 2 rings (SSSR count). The van der Waals surface area contributed by atoms with Crippen LogP contribution in [-0.4, -0.2) is 51.9 Å². The Hall–Kier alpha value is -4.12. The summed E-state index contributed by atoms with van der Waals surface area (Å²) in [6, 6.07) is 10.1. The zero-order valence-electron chi connectivity index (χ0n) is 20.8. The van der Waals surface area contributed by atoms with Crippen molar-refractivity contribution in [1.82, 2.24) is 0 Å². The Morgan fingerprint density at radius 1 is 0.806 bits per heavy atom. The number of aryl methyl sites for hydroxylation is 2. The van der Waals surface area contributed by atoms with Crippen molar-refractivity contribution in [2.24, 2.45) is 5.41 Å². The molecule has 0 aromatic heterocycles. The fourth-order valence-electron chi connectivity index (χ4n) is 3.32. The second-order valence-corrected chi connectivity index (χ2v) is 8.27. The number of anilines is 4. The summed E-state index contributed by atoms with van der Waals surface area (Å²) in [6.07, 6.45) is 0.201. The molecule has 36 heavy (non-hydrogen) atoms. The number of rotatable bonds is 13. The van der Waals surface area contributed by atoms with Gasteiger partial charge in [0.25, 0.3) is 0 Å². The molecule has 2 aromatic carbocycles. The number of benzene rings is 2. The number of methoxy groups -OCH3 is 1. The number of ether oxygens (including phenoxy) is 3. The fourth-order valence-corrected chi connectivity index (χ4v) is 3.32. The molecular weight excluding hydrogens is 468 g/mol. The maximum atomic E-state index is 12.4. The number of nitrogens with one attached hydrogen (secondary N) is 4. The molecule has 4 N–H and O–H groups in total. The van der Waals surface area contributed by atoms with E-state index in [2.05, 4.69) is 21.3 Å². The minimum atomic E-state index is -0.779. The van der Waals surface area contributed by atoms with Crippen molar-refractivity contribution in [1.29, 1.82) is 0 Å². The van der Waals surface area contributed by atoms with Crippen LogP contribution in [0.3, 0.4) is 0 Å². The van der Waals surface area contributed by atoms with Crippen LogP contribution in [-0.2, 0) is 23.8 Å². The number of carbonyl (C=O) groups excluding carboxylic acids is 4. The van der Waals surface area contributed by atoms with Gasteiger partial charge >= 0.3 is 12.2 Å². The Kier molecular flexibility index (Phi) is 10.7. The third kappa shape index (κ3) is 8.27. The summed E-state index contributed by atoms with van der Waals surface area (Å²) in [5, 5.41) is 10.4. The highest BCUT2D eigenvalue weighted by Crippen LogP contribution is 2.26. The Morgan fingerprint density at radius 2 is 1.25 bits per heavy atom. The second-order valence-electron chi connectivity index (χ2n) is 8.27. The molecule has 0 unspecified atom stereocenters. The molecule has 11 heteroatoms. The topological polar surface area (TPSA) is 144 Å². The van der Waals surface area contributed by atoms with Gasteiger partial charge in [0.2, 0.25) is 12.8 Å². The van der Waals surface area contributed by atoms with E-state index in [1.807, 2.05) is 20.8 Å². The minimum Gasteiger partial charge on any atom is -0.448 e. The van der Waals surface area contributed by atoms with Gasteiger partial charge in [0.05, 0.1) is 12.0 Å². The third-order valence-corrected chi connectivity index (χ3v) is 5.62. The van der Waals surface area contributed by atoms with Gasteiger partial charge in [-0.15, -0.1) is 0 Å². The van der Waals surface area contributed by atoms with Crippen molar-refractivity contribution in [3.8, 4) is 0 Å². The number of hydrogen-bond acceptors (Lipinski definition) is 7. The van der Waals surface area contributed by atoms with Crippen molar-refractivity contribution < 1.29 is 33.4 Å². The zero-order chi connectivity index (χ0) is 26.6. The van der Waals surface area contributed by atoms with E-state index in [-0.39, 0.29) is 19.8 Å². The molecule has 0 saturated carbocycles. The maximum Gasteiger partial charge on any atom is 0.411 e. The van der Waals surface area contributed by atoms with Gasteiger partial charge in [0.15, 0.2) is 0 Å². The Balaban J connectivity index is 1.97. The van der Waals surface area contributed by atoms with Crippen LogP contribution >= 0.6 is 0 Å². The average Bonchev–Trinajstić information content (AvgIpc) is 2.85. The van der Waals surface area contributed by atoms with Crippen LogP contribution in [0.4, 0.5) is 32.3 Å². The molecule has 194 valence electrons. The smallest absolute Gasteiger partial charge is 0.411 e. The summed E-state index contributed by atoms with van der Waals surface area (Å²) in [5.74, 6) is 0. The van der Waals surface area contributed by atoms with Crippen molar-refractivity contribution in [3.05, 3.63) is 47.5 Å². The molecule has 0 aliphatic carbocycles. The fraction of sp³-hybridized carbons (Fsp3) is 0.360. The number of amides is 4. The van der Waals surface area contributed by atoms with Crippen LogP contribution in [0.25, 0.3) is 0 Å². The SMILES string of the molecule is CCC(COC)(COC(=O)Nc1ccc(C)c(NC=O)c1)COC(=O)Nc1ccc(C)c(NC=O)c1. The van der Waals surface area contributed by atoms with Gasteiger partial charge in [-0.3, -0.25) is 20.2 Å². The van der Waals surface area contributed by atoms with E-state index in [0.717, 1.165) is 11.1 Å². The minimum absolute atomic E-state index is 0.0697. The van der Waals surface area contributed by atoms with Gasteiger partial charge in [-0.1, -0.05) is 19.1 Å². The normalized spacial score (nSPS) is 10.7. The van der Waals surface area contributed by atoms with Crippen molar-refractivity contribution >= 4 is 47.8 Å². The lowest BCUT2D eigenvalue weighted by molar-refractivity contribution is -0.106. The van der Waals surface area contributed by atoms with E-state index in [4.69, 9.17) is 14.2 Å². The summed E-state index contributed by atoms with van der Waals surface area (Å²) in [6.45, 7) is 5.56. The first kappa shape index (κ1) is 28.1. The zero-order valence-corrected chi connectivity index (χ0v) is 20.8. The quantitative estimate of drug-likeness (QED) is 0.301. The lowest BCUT2D eigenvalue weighted by Gasteiger charge is -2.30. The third-order valence-electron chi connectivity index (χ3n) is 5.62. The molecule has 0 heterocycles. The second kappa shape index (κ2) is 13.7.